The second-order valence-corrected chi connectivity index (χ2v) is 16.7. The highest BCUT2D eigenvalue weighted by Crippen LogP contribution is 2.14. The highest BCUT2D eigenvalue weighted by atomic mass is 16.6. The SMILES string of the molecule is CCCC/C=C\CCCCCCCC(=O)OC[C@H](COC(=O)CCCCCCCCCCC/C=C\C/C=C\CCCCC)OC(=O)CCCCCCC/C=C\CCCC. The zero-order valence-corrected chi connectivity index (χ0v) is 39.0. The third-order valence-electron chi connectivity index (χ3n) is 10.8. The first-order valence-corrected chi connectivity index (χ1v) is 25.1. The minimum atomic E-state index is -0.779. The lowest BCUT2D eigenvalue weighted by Crippen LogP contribution is -2.30. The molecular weight excluding hydrogens is 733 g/mol. The third kappa shape index (κ3) is 46.3. The van der Waals surface area contributed by atoms with Crippen LogP contribution in [0.2, 0.25) is 0 Å². The number of esters is 3. The summed E-state index contributed by atoms with van der Waals surface area (Å²) in [5, 5.41) is 0. The monoisotopic (exact) mass is 827 g/mol. The molecule has 0 aromatic rings. The molecule has 0 N–H and O–H groups in total. The van der Waals surface area contributed by atoms with Crippen molar-refractivity contribution in [3.05, 3.63) is 48.6 Å². The van der Waals surface area contributed by atoms with Crippen LogP contribution in [0.3, 0.4) is 0 Å². The Morgan fingerprint density at radius 1 is 0.339 bits per heavy atom. The zero-order valence-electron chi connectivity index (χ0n) is 39.0. The largest absolute Gasteiger partial charge is 0.462 e. The Hall–Kier alpha value is -2.63. The lowest BCUT2D eigenvalue weighted by atomic mass is 10.1. The van der Waals surface area contributed by atoms with Gasteiger partial charge in [0.2, 0.25) is 0 Å². The van der Waals surface area contributed by atoms with Gasteiger partial charge < -0.3 is 14.2 Å². The van der Waals surface area contributed by atoms with Gasteiger partial charge in [0, 0.05) is 19.3 Å². The first-order chi connectivity index (χ1) is 29.0. The first kappa shape index (κ1) is 56.4. The van der Waals surface area contributed by atoms with Crippen molar-refractivity contribution in [3.63, 3.8) is 0 Å². The molecule has 0 bridgehead atoms. The molecule has 342 valence electrons. The normalized spacial score (nSPS) is 12.4. The average Bonchev–Trinajstić information content (AvgIpc) is 3.23. The molecule has 0 saturated carbocycles. The Labute approximate surface area is 365 Å². The summed E-state index contributed by atoms with van der Waals surface area (Å²) < 4.78 is 16.7. The second kappa shape index (κ2) is 48.0. The van der Waals surface area contributed by atoms with Crippen LogP contribution >= 0.6 is 0 Å². The number of hydrogen-bond acceptors (Lipinski definition) is 6. The molecule has 0 heterocycles. The Morgan fingerprint density at radius 2 is 0.627 bits per heavy atom. The van der Waals surface area contributed by atoms with Crippen molar-refractivity contribution >= 4 is 17.9 Å². The highest BCUT2D eigenvalue weighted by molar-refractivity contribution is 5.71. The Kier molecular flexibility index (Phi) is 45.9. The van der Waals surface area contributed by atoms with E-state index in [0.717, 1.165) is 83.5 Å². The summed E-state index contributed by atoms with van der Waals surface area (Å²) in [6, 6.07) is 0. The van der Waals surface area contributed by atoms with Crippen LogP contribution in [-0.4, -0.2) is 37.2 Å². The maximum Gasteiger partial charge on any atom is 0.306 e. The molecule has 0 amide bonds. The summed E-state index contributed by atoms with van der Waals surface area (Å²) in [5.74, 6) is -0.902. The van der Waals surface area contributed by atoms with Crippen molar-refractivity contribution in [2.75, 3.05) is 13.2 Å². The van der Waals surface area contributed by atoms with E-state index in [1.807, 2.05) is 0 Å². The maximum absolute atomic E-state index is 12.7. The fraction of sp³-hybridized carbons (Fsp3) is 0.792. The summed E-state index contributed by atoms with van der Waals surface area (Å²) in [6.45, 7) is 6.52. The summed E-state index contributed by atoms with van der Waals surface area (Å²) in [6.07, 6.45) is 56.6. The summed E-state index contributed by atoms with van der Waals surface area (Å²) in [4.78, 5) is 37.8. The van der Waals surface area contributed by atoms with Crippen LogP contribution in [0.4, 0.5) is 0 Å². The van der Waals surface area contributed by atoms with Crippen LogP contribution < -0.4 is 0 Å². The molecule has 0 aliphatic carbocycles. The van der Waals surface area contributed by atoms with Crippen LogP contribution in [-0.2, 0) is 28.6 Å². The molecule has 0 rings (SSSR count). The molecule has 0 fully saturated rings. The van der Waals surface area contributed by atoms with Crippen LogP contribution in [0, 0.1) is 0 Å². The van der Waals surface area contributed by atoms with E-state index >= 15 is 0 Å². The van der Waals surface area contributed by atoms with Crippen molar-refractivity contribution in [2.45, 2.75) is 258 Å². The minimum absolute atomic E-state index is 0.0809. The number of carbonyl (C=O) groups excluding carboxylic acids is 3. The van der Waals surface area contributed by atoms with E-state index in [-0.39, 0.29) is 31.1 Å². The van der Waals surface area contributed by atoms with Gasteiger partial charge in [-0.2, -0.15) is 0 Å². The number of rotatable bonds is 45. The number of unbranched alkanes of at least 4 members (excludes halogenated alkanes) is 26. The van der Waals surface area contributed by atoms with Gasteiger partial charge >= 0.3 is 17.9 Å². The van der Waals surface area contributed by atoms with E-state index < -0.39 is 6.10 Å². The second-order valence-electron chi connectivity index (χ2n) is 16.7. The van der Waals surface area contributed by atoms with E-state index in [1.165, 1.54) is 128 Å². The Morgan fingerprint density at radius 3 is 1.00 bits per heavy atom. The molecule has 0 aliphatic heterocycles. The molecule has 6 nitrogen and oxygen atoms in total. The van der Waals surface area contributed by atoms with E-state index in [9.17, 15) is 14.4 Å². The standard InChI is InChI=1S/C53H94O6/c1-4-7-10-13-16-19-22-23-24-25-26-27-28-29-32-34-37-40-43-46-52(55)58-49-50(59-53(56)47-44-41-38-35-31-21-18-15-12-9-6-3)48-57-51(54)45-42-39-36-33-30-20-17-14-11-8-5-2/h14-19,23-24,50H,4-13,20-22,25-49H2,1-3H3/b17-14-,18-15-,19-16-,24-23-/t50-/m1/s1. The third-order valence-corrected chi connectivity index (χ3v) is 10.8. The smallest absolute Gasteiger partial charge is 0.306 e. The Balaban J connectivity index is 4.31. The Bertz CT molecular complexity index is 1040. The van der Waals surface area contributed by atoms with Gasteiger partial charge in [-0.3, -0.25) is 14.4 Å². The van der Waals surface area contributed by atoms with Crippen molar-refractivity contribution in [1.82, 2.24) is 0 Å². The van der Waals surface area contributed by atoms with Crippen molar-refractivity contribution in [1.29, 1.82) is 0 Å². The van der Waals surface area contributed by atoms with Gasteiger partial charge in [0.15, 0.2) is 6.10 Å². The van der Waals surface area contributed by atoms with E-state index in [4.69, 9.17) is 14.2 Å². The first-order valence-electron chi connectivity index (χ1n) is 25.1. The molecule has 0 aliphatic rings. The number of hydrogen-bond donors (Lipinski definition) is 0. The average molecular weight is 827 g/mol. The summed E-state index contributed by atoms with van der Waals surface area (Å²) in [5.41, 5.74) is 0. The predicted octanol–water partition coefficient (Wildman–Crippen LogP) is 16.3. The van der Waals surface area contributed by atoms with Crippen LogP contribution in [0.5, 0.6) is 0 Å². The van der Waals surface area contributed by atoms with Crippen LogP contribution in [0.25, 0.3) is 0 Å². The van der Waals surface area contributed by atoms with Crippen molar-refractivity contribution < 1.29 is 28.6 Å². The van der Waals surface area contributed by atoms with Crippen LogP contribution in [0.1, 0.15) is 252 Å². The van der Waals surface area contributed by atoms with Gasteiger partial charge in [0.05, 0.1) is 0 Å². The van der Waals surface area contributed by atoms with Gasteiger partial charge in [-0.05, 0) is 89.9 Å². The lowest BCUT2D eigenvalue weighted by molar-refractivity contribution is -0.167. The van der Waals surface area contributed by atoms with Gasteiger partial charge in [-0.25, -0.2) is 0 Å². The predicted molar refractivity (Wildman–Crippen MR) is 252 cm³/mol. The van der Waals surface area contributed by atoms with Crippen molar-refractivity contribution in [2.24, 2.45) is 0 Å². The maximum atomic E-state index is 12.7. The quantitative estimate of drug-likeness (QED) is 0.0263. The van der Waals surface area contributed by atoms with Gasteiger partial charge in [-0.1, -0.05) is 191 Å². The number of allylic oxidation sites excluding steroid dienone is 8. The topological polar surface area (TPSA) is 78.9 Å². The zero-order chi connectivity index (χ0) is 43.0. The fourth-order valence-electron chi connectivity index (χ4n) is 6.90. The molecule has 59 heavy (non-hydrogen) atoms. The molecule has 0 spiro atoms. The molecule has 0 saturated heterocycles. The molecule has 0 unspecified atom stereocenters. The van der Waals surface area contributed by atoms with Gasteiger partial charge in [0.1, 0.15) is 13.2 Å². The van der Waals surface area contributed by atoms with E-state index in [0.29, 0.717) is 19.3 Å². The molecule has 1 atom stereocenters. The summed E-state index contributed by atoms with van der Waals surface area (Å²) in [7, 11) is 0. The fourth-order valence-corrected chi connectivity index (χ4v) is 6.90. The number of ether oxygens (including phenoxy) is 3. The van der Waals surface area contributed by atoms with Gasteiger partial charge in [0.25, 0.3) is 0 Å². The lowest BCUT2D eigenvalue weighted by Gasteiger charge is -2.18. The highest BCUT2D eigenvalue weighted by Gasteiger charge is 2.19. The molecular formula is C53H94O6. The van der Waals surface area contributed by atoms with Gasteiger partial charge in [-0.15, -0.1) is 0 Å². The van der Waals surface area contributed by atoms with Crippen molar-refractivity contribution in [3.8, 4) is 0 Å². The molecule has 0 aromatic carbocycles. The van der Waals surface area contributed by atoms with E-state index in [1.54, 1.807) is 0 Å². The summed E-state index contributed by atoms with van der Waals surface area (Å²) >= 11 is 0. The molecule has 0 aromatic heterocycles. The van der Waals surface area contributed by atoms with Crippen LogP contribution in [0.15, 0.2) is 48.6 Å². The van der Waals surface area contributed by atoms with E-state index in [2.05, 4.69) is 69.4 Å². The molecule has 6 heteroatoms. The minimum Gasteiger partial charge on any atom is -0.462 e. The molecule has 0 radical (unpaired) electrons. The number of carbonyl (C=O) groups is 3.